The molecule has 1 heterocycles. The van der Waals surface area contributed by atoms with Crippen molar-refractivity contribution in [3.8, 4) is 0 Å². The van der Waals surface area contributed by atoms with E-state index in [9.17, 15) is 4.79 Å². The van der Waals surface area contributed by atoms with Crippen LogP contribution in [0.3, 0.4) is 0 Å². The van der Waals surface area contributed by atoms with Gasteiger partial charge >= 0.3 is 5.97 Å². The number of hydrogen-bond acceptors (Lipinski definition) is 4. The number of nitrogens with two attached hydrogens (primary N) is 1. The summed E-state index contributed by atoms with van der Waals surface area (Å²) in [5.74, 6) is -0.928. The van der Waals surface area contributed by atoms with Gasteiger partial charge in [-0.1, -0.05) is 19.1 Å². The number of carboxylic acids is 1. The maximum Gasteiger partial charge on any atom is 0.338 e. The summed E-state index contributed by atoms with van der Waals surface area (Å²) in [6, 6.07) is 9.00. The predicted molar refractivity (Wildman–Crippen MR) is 74.8 cm³/mol. The number of carboxylic acid groups (broad SMARTS) is 1. The van der Waals surface area contributed by atoms with Gasteiger partial charge in [0.2, 0.25) is 0 Å². The van der Waals surface area contributed by atoms with Crippen LogP contribution in [0.1, 0.15) is 22.2 Å². The van der Waals surface area contributed by atoms with Gasteiger partial charge in [-0.3, -0.25) is 0 Å². The molecule has 1 aromatic carbocycles. The van der Waals surface area contributed by atoms with E-state index < -0.39 is 5.97 Å². The molecule has 0 unspecified atom stereocenters. The summed E-state index contributed by atoms with van der Waals surface area (Å²) in [4.78, 5) is 12.2. The van der Waals surface area contributed by atoms with E-state index in [-0.39, 0.29) is 0 Å². The van der Waals surface area contributed by atoms with Gasteiger partial charge in [-0.25, -0.2) is 4.79 Å². The first kappa shape index (κ1) is 12.4. The molecule has 0 spiro atoms. The smallest absolute Gasteiger partial charge is 0.338 e. The van der Waals surface area contributed by atoms with Gasteiger partial charge in [-0.05, 0) is 24.6 Å². The largest absolute Gasteiger partial charge is 0.478 e. The van der Waals surface area contributed by atoms with Crippen LogP contribution in [0.2, 0.25) is 0 Å². The summed E-state index contributed by atoms with van der Waals surface area (Å²) >= 11 is 1.44. The van der Waals surface area contributed by atoms with E-state index in [1.807, 2.05) is 25.1 Å². The number of nitrogens with one attached hydrogen (secondary N) is 1. The minimum atomic E-state index is -0.928. The van der Waals surface area contributed by atoms with Crippen molar-refractivity contribution in [2.45, 2.75) is 13.3 Å². The second kappa shape index (κ2) is 5.10. The molecule has 94 valence electrons. The lowest BCUT2D eigenvalue weighted by molar-refractivity contribution is 0.0698. The van der Waals surface area contributed by atoms with Crippen molar-refractivity contribution in [3.05, 3.63) is 40.8 Å². The first-order valence-corrected chi connectivity index (χ1v) is 6.41. The van der Waals surface area contributed by atoms with Crippen LogP contribution in [0.5, 0.6) is 0 Å². The topological polar surface area (TPSA) is 75.3 Å². The number of benzene rings is 1. The van der Waals surface area contributed by atoms with E-state index in [0.717, 1.165) is 17.0 Å². The van der Waals surface area contributed by atoms with Gasteiger partial charge in [0.25, 0.3) is 0 Å². The molecule has 2 rings (SSSR count). The molecule has 0 radical (unpaired) electrons. The minimum Gasteiger partial charge on any atom is -0.478 e. The molecule has 5 heteroatoms. The molecule has 18 heavy (non-hydrogen) atoms. The summed E-state index contributed by atoms with van der Waals surface area (Å²) in [6.45, 7) is 2.00. The molecule has 0 aliphatic heterocycles. The van der Waals surface area contributed by atoms with Crippen molar-refractivity contribution < 1.29 is 9.90 Å². The van der Waals surface area contributed by atoms with Gasteiger partial charge < -0.3 is 16.2 Å². The Balaban J connectivity index is 2.36. The monoisotopic (exact) mass is 262 g/mol. The third-order valence-electron chi connectivity index (χ3n) is 2.57. The SMILES string of the molecule is CCc1cc(C(=O)O)c(Nc2ccccc2N)s1. The lowest BCUT2D eigenvalue weighted by Gasteiger charge is -2.07. The number of rotatable bonds is 4. The van der Waals surface area contributed by atoms with Crippen molar-refractivity contribution in [1.82, 2.24) is 0 Å². The van der Waals surface area contributed by atoms with E-state index in [0.29, 0.717) is 16.3 Å². The van der Waals surface area contributed by atoms with Crippen molar-refractivity contribution in [3.63, 3.8) is 0 Å². The lowest BCUT2D eigenvalue weighted by atomic mass is 10.2. The van der Waals surface area contributed by atoms with Gasteiger partial charge in [0, 0.05) is 4.88 Å². The predicted octanol–water partition coefficient (Wildman–Crippen LogP) is 3.33. The van der Waals surface area contributed by atoms with Crippen LogP contribution in [-0.2, 0) is 6.42 Å². The van der Waals surface area contributed by atoms with Crippen LogP contribution in [0, 0.1) is 0 Å². The molecule has 1 aromatic heterocycles. The molecule has 0 aliphatic rings. The average Bonchev–Trinajstić information content (AvgIpc) is 2.75. The summed E-state index contributed by atoms with van der Waals surface area (Å²) in [7, 11) is 0. The Hall–Kier alpha value is -2.01. The fraction of sp³-hybridized carbons (Fsp3) is 0.154. The Morgan fingerprint density at radius 2 is 2.17 bits per heavy atom. The molecule has 0 amide bonds. The highest BCUT2D eigenvalue weighted by Crippen LogP contribution is 2.33. The number of hydrogen-bond donors (Lipinski definition) is 3. The number of aromatic carboxylic acids is 1. The minimum absolute atomic E-state index is 0.292. The first-order chi connectivity index (χ1) is 8.61. The van der Waals surface area contributed by atoms with E-state index in [1.54, 1.807) is 12.1 Å². The third-order valence-corrected chi connectivity index (χ3v) is 3.77. The van der Waals surface area contributed by atoms with Gasteiger partial charge in [0.15, 0.2) is 0 Å². The zero-order chi connectivity index (χ0) is 13.1. The number of nitrogen functional groups attached to an aromatic ring is 1. The Morgan fingerprint density at radius 1 is 1.44 bits per heavy atom. The summed E-state index contributed by atoms with van der Waals surface area (Å²) in [5.41, 5.74) is 7.44. The van der Waals surface area contributed by atoms with Crippen molar-refractivity contribution >= 4 is 33.7 Å². The number of para-hydroxylation sites is 2. The van der Waals surface area contributed by atoms with Crippen LogP contribution in [0.25, 0.3) is 0 Å². The van der Waals surface area contributed by atoms with E-state index in [4.69, 9.17) is 10.8 Å². The Labute approximate surface area is 109 Å². The molecular weight excluding hydrogens is 248 g/mol. The van der Waals surface area contributed by atoms with Gasteiger partial charge in [0.1, 0.15) is 5.00 Å². The highest BCUT2D eigenvalue weighted by molar-refractivity contribution is 7.16. The molecule has 4 nitrogen and oxygen atoms in total. The van der Waals surface area contributed by atoms with Crippen LogP contribution in [0.4, 0.5) is 16.4 Å². The molecule has 0 bridgehead atoms. The Bertz CT molecular complexity index is 578. The number of carbonyl (C=O) groups is 1. The molecule has 0 atom stereocenters. The van der Waals surface area contributed by atoms with E-state index in [1.165, 1.54) is 11.3 Å². The normalized spacial score (nSPS) is 10.3. The number of anilines is 3. The lowest BCUT2D eigenvalue weighted by Crippen LogP contribution is -2.00. The summed E-state index contributed by atoms with van der Waals surface area (Å²) in [6.07, 6.45) is 0.816. The second-order valence-corrected chi connectivity index (χ2v) is 4.96. The molecular formula is C13H14N2O2S. The highest BCUT2D eigenvalue weighted by atomic mass is 32.1. The number of thiophene rings is 1. The molecule has 0 aliphatic carbocycles. The zero-order valence-corrected chi connectivity index (χ0v) is 10.8. The highest BCUT2D eigenvalue weighted by Gasteiger charge is 2.15. The van der Waals surface area contributed by atoms with Crippen LogP contribution >= 0.6 is 11.3 Å². The van der Waals surface area contributed by atoms with Crippen LogP contribution in [-0.4, -0.2) is 11.1 Å². The molecule has 0 saturated heterocycles. The fourth-order valence-corrected chi connectivity index (χ4v) is 2.60. The van der Waals surface area contributed by atoms with Gasteiger partial charge in [-0.2, -0.15) is 0 Å². The van der Waals surface area contributed by atoms with Crippen LogP contribution in [0.15, 0.2) is 30.3 Å². The Morgan fingerprint density at radius 3 is 2.78 bits per heavy atom. The zero-order valence-electron chi connectivity index (χ0n) is 9.93. The fourth-order valence-electron chi connectivity index (χ4n) is 1.60. The third kappa shape index (κ3) is 2.46. The Kier molecular flexibility index (Phi) is 3.53. The second-order valence-electron chi connectivity index (χ2n) is 3.83. The molecule has 4 N–H and O–H groups in total. The van der Waals surface area contributed by atoms with E-state index in [2.05, 4.69) is 5.32 Å². The number of aryl methyl sites for hydroxylation is 1. The quantitative estimate of drug-likeness (QED) is 0.739. The van der Waals surface area contributed by atoms with Crippen LogP contribution < -0.4 is 11.1 Å². The average molecular weight is 262 g/mol. The maximum absolute atomic E-state index is 11.2. The molecule has 0 fully saturated rings. The summed E-state index contributed by atoms with van der Waals surface area (Å²) in [5, 5.41) is 12.9. The molecule has 2 aromatic rings. The standard InChI is InChI=1S/C13H14N2O2S/c1-2-8-7-9(13(16)17)12(18-8)15-11-6-4-3-5-10(11)14/h3-7,15H,2,14H2,1H3,(H,16,17). The van der Waals surface area contributed by atoms with Gasteiger partial charge in [0.05, 0.1) is 16.9 Å². The van der Waals surface area contributed by atoms with Crippen molar-refractivity contribution in [1.29, 1.82) is 0 Å². The maximum atomic E-state index is 11.2. The summed E-state index contributed by atoms with van der Waals surface area (Å²) < 4.78 is 0. The van der Waals surface area contributed by atoms with Crippen molar-refractivity contribution in [2.24, 2.45) is 0 Å². The van der Waals surface area contributed by atoms with Gasteiger partial charge in [-0.15, -0.1) is 11.3 Å². The molecule has 0 saturated carbocycles. The van der Waals surface area contributed by atoms with E-state index >= 15 is 0 Å². The van der Waals surface area contributed by atoms with Crippen molar-refractivity contribution in [2.75, 3.05) is 11.1 Å². The first-order valence-electron chi connectivity index (χ1n) is 5.59.